The van der Waals surface area contributed by atoms with Gasteiger partial charge in [0.05, 0.1) is 0 Å². The maximum Gasteiger partial charge on any atom is 0.133 e. The van der Waals surface area contributed by atoms with Gasteiger partial charge >= 0.3 is 0 Å². The summed E-state index contributed by atoms with van der Waals surface area (Å²) in [5.74, 6) is 2.93. The Kier molecular flexibility index (Phi) is 8.67. The zero-order valence-electron chi connectivity index (χ0n) is 13.8. The van der Waals surface area contributed by atoms with E-state index in [1.165, 1.54) is 17.7 Å². The molecule has 120 valence electrons. The fourth-order valence-corrected chi connectivity index (χ4v) is 3.06. The molecule has 21 heavy (non-hydrogen) atoms. The maximum atomic E-state index is 4.64. The lowest BCUT2D eigenvalue weighted by Crippen LogP contribution is -2.32. The van der Waals surface area contributed by atoms with E-state index in [9.17, 15) is 0 Å². The van der Waals surface area contributed by atoms with Gasteiger partial charge in [-0.25, -0.2) is 4.98 Å². The minimum absolute atomic E-state index is 0.495. The van der Waals surface area contributed by atoms with Gasteiger partial charge < -0.3 is 10.2 Å². The summed E-state index contributed by atoms with van der Waals surface area (Å²) in [4.78, 5) is 6.94. The third-order valence-electron chi connectivity index (χ3n) is 3.51. The first-order valence-corrected chi connectivity index (χ1v) is 9.71. The Bertz CT molecular complexity index is 426. The highest BCUT2D eigenvalue weighted by Crippen LogP contribution is 2.23. The van der Waals surface area contributed by atoms with Crippen LogP contribution >= 0.6 is 27.7 Å². The van der Waals surface area contributed by atoms with E-state index >= 15 is 0 Å². The van der Waals surface area contributed by atoms with Gasteiger partial charge in [-0.3, -0.25) is 0 Å². The summed E-state index contributed by atoms with van der Waals surface area (Å²) in [6.45, 7) is 8.61. The first kappa shape index (κ1) is 18.8. The Balaban J connectivity index is 2.79. The third-order valence-corrected chi connectivity index (χ3v) is 4.59. The SMILES string of the molecule is CSCCC(C)N(C)c1ncc(Br)cc1CNCC(C)C. The fourth-order valence-electron chi connectivity index (χ4n) is 2.11. The second kappa shape index (κ2) is 9.70. The molecule has 1 aromatic rings. The topological polar surface area (TPSA) is 28.2 Å². The summed E-state index contributed by atoms with van der Waals surface area (Å²) in [5, 5.41) is 3.51. The van der Waals surface area contributed by atoms with Gasteiger partial charge in [-0.1, -0.05) is 13.8 Å². The van der Waals surface area contributed by atoms with Crippen molar-refractivity contribution in [1.82, 2.24) is 10.3 Å². The van der Waals surface area contributed by atoms with Crippen molar-refractivity contribution in [3.8, 4) is 0 Å². The molecule has 1 N–H and O–H groups in total. The van der Waals surface area contributed by atoms with Crippen LogP contribution in [-0.2, 0) is 6.54 Å². The summed E-state index contributed by atoms with van der Waals surface area (Å²) >= 11 is 5.43. The highest BCUT2D eigenvalue weighted by Gasteiger charge is 2.15. The average molecular weight is 374 g/mol. The molecule has 1 heterocycles. The zero-order valence-corrected chi connectivity index (χ0v) is 16.2. The van der Waals surface area contributed by atoms with Gasteiger partial charge in [0.2, 0.25) is 0 Å². The molecular weight excluding hydrogens is 346 g/mol. The van der Waals surface area contributed by atoms with Gasteiger partial charge in [-0.2, -0.15) is 11.8 Å². The standard InChI is InChI=1S/C16H28BrN3S/c1-12(2)9-18-10-14-8-15(17)11-19-16(14)20(4)13(3)6-7-21-5/h8,11-13,18H,6-7,9-10H2,1-5H3. The number of rotatable bonds is 9. The Morgan fingerprint density at radius 1 is 1.38 bits per heavy atom. The van der Waals surface area contributed by atoms with Crippen LogP contribution in [0.2, 0.25) is 0 Å². The van der Waals surface area contributed by atoms with E-state index in [0.717, 1.165) is 23.4 Å². The molecule has 0 aliphatic carbocycles. The van der Waals surface area contributed by atoms with Crippen molar-refractivity contribution in [2.45, 2.75) is 39.8 Å². The van der Waals surface area contributed by atoms with E-state index < -0.39 is 0 Å². The minimum atomic E-state index is 0.495. The molecule has 0 fully saturated rings. The normalized spacial score (nSPS) is 12.7. The summed E-state index contributed by atoms with van der Waals surface area (Å²) in [7, 11) is 2.15. The number of nitrogens with one attached hydrogen (secondary N) is 1. The van der Waals surface area contributed by atoms with E-state index in [0.29, 0.717) is 12.0 Å². The summed E-state index contributed by atoms with van der Waals surface area (Å²) in [6, 6.07) is 2.67. The highest BCUT2D eigenvalue weighted by atomic mass is 79.9. The van der Waals surface area contributed by atoms with Crippen LogP contribution in [0.1, 0.15) is 32.8 Å². The Hall–Kier alpha value is -0.260. The summed E-state index contributed by atoms with van der Waals surface area (Å²) < 4.78 is 1.04. The van der Waals surface area contributed by atoms with Gasteiger partial charge in [-0.05, 0) is 59.8 Å². The quantitative estimate of drug-likeness (QED) is 0.702. The average Bonchev–Trinajstić information content (AvgIpc) is 2.44. The predicted octanol–water partition coefficient (Wildman–Crippen LogP) is 4.17. The maximum absolute atomic E-state index is 4.64. The monoisotopic (exact) mass is 373 g/mol. The highest BCUT2D eigenvalue weighted by molar-refractivity contribution is 9.10. The largest absolute Gasteiger partial charge is 0.357 e. The second-order valence-electron chi connectivity index (χ2n) is 5.90. The molecular formula is C16H28BrN3S. The number of aromatic nitrogens is 1. The Morgan fingerprint density at radius 3 is 2.71 bits per heavy atom. The van der Waals surface area contributed by atoms with Crippen molar-refractivity contribution >= 4 is 33.5 Å². The third kappa shape index (κ3) is 6.57. The number of hydrogen-bond donors (Lipinski definition) is 1. The number of anilines is 1. The molecule has 1 aromatic heterocycles. The fraction of sp³-hybridized carbons (Fsp3) is 0.688. The summed E-state index contributed by atoms with van der Waals surface area (Å²) in [5.41, 5.74) is 1.25. The molecule has 0 amide bonds. The zero-order chi connectivity index (χ0) is 15.8. The van der Waals surface area contributed by atoms with Crippen LogP contribution in [0.25, 0.3) is 0 Å². The van der Waals surface area contributed by atoms with Gasteiger partial charge in [-0.15, -0.1) is 0 Å². The Labute approximate surface area is 142 Å². The lowest BCUT2D eigenvalue weighted by molar-refractivity contribution is 0.550. The molecule has 0 saturated heterocycles. The first-order chi connectivity index (χ1) is 9.95. The molecule has 0 saturated carbocycles. The van der Waals surface area contributed by atoms with Crippen molar-refractivity contribution in [1.29, 1.82) is 0 Å². The van der Waals surface area contributed by atoms with Crippen LogP contribution < -0.4 is 10.2 Å². The lowest BCUT2D eigenvalue weighted by atomic mass is 10.1. The lowest BCUT2D eigenvalue weighted by Gasteiger charge is -2.28. The Morgan fingerprint density at radius 2 is 2.10 bits per heavy atom. The van der Waals surface area contributed by atoms with E-state index in [1.54, 1.807) is 0 Å². The molecule has 0 aromatic carbocycles. The predicted molar refractivity (Wildman–Crippen MR) is 99.3 cm³/mol. The molecule has 0 aliphatic heterocycles. The van der Waals surface area contributed by atoms with Crippen molar-refractivity contribution in [2.75, 3.05) is 30.5 Å². The molecule has 0 bridgehead atoms. The minimum Gasteiger partial charge on any atom is -0.357 e. The molecule has 5 heteroatoms. The van der Waals surface area contributed by atoms with E-state index in [2.05, 4.69) is 71.3 Å². The van der Waals surface area contributed by atoms with Crippen LogP contribution in [0.4, 0.5) is 5.82 Å². The van der Waals surface area contributed by atoms with Crippen LogP contribution in [-0.4, -0.2) is 36.6 Å². The molecule has 1 unspecified atom stereocenters. The van der Waals surface area contributed by atoms with Gasteiger partial charge in [0, 0.05) is 35.9 Å². The van der Waals surface area contributed by atoms with Gasteiger partial charge in [0.15, 0.2) is 0 Å². The summed E-state index contributed by atoms with van der Waals surface area (Å²) in [6.07, 6.45) is 5.22. The first-order valence-electron chi connectivity index (χ1n) is 7.52. The number of hydrogen-bond acceptors (Lipinski definition) is 4. The van der Waals surface area contributed by atoms with Crippen molar-refractivity contribution in [3.63, 3.8) is 0 Å². The molecule has 0 spiro atoms. The second-order valence-corrected chi connectivity index (χ2v) is 7.80. The van der Waals surface area contributed by atoms with Gasteiger partial charge in [0.1, 0.15) is 5.82 Å². The van der Waals surface area contributed by atoms with Gasteiger partial charge in [0.25, 0.3) is 0 Å². The number of halogens is 1. The van der Waals surface area contributed by atoms with E-state index in [1.807, 2.05) is 18.0 Å². The van der Waals surface area contributed by atoms with Crippen LogP contribution in [0.5, 0.6) is 0 Å². The van der Waals surface area contributed by atoms with E-state index in [-0.39, 0.29) is 0 Å². The molecule has 1 atom stereocenters. The van der Waals surface area contributed by atoms with E-state index in [4.69, 9.17) is 0 Å². The van der Waals surface area contributed by atoms with Crippen molar-refractivity contribution in [2.24, 2.45) is 5.92 Å². The molecule has 0 aliphatic rings. The molecule has 1 rings (SSSR count). The van der Waals surface area contributed by atoms with Crippen LogP contribution in [0.15, 0.2) is 16.7 Å². The smallest absolute Gasteiger partial charge is 0.133 e. The van der Waals surface area contributed by atoms with Crippen LogP contribution in [0, 0.1) is 5.92 Å². The number of thioether (sulfide) groups is 1. The molecule has 0 radical (unpaired) electrons. The number of pyridine rings is 1. The van der Waals surface area contributed by atoms with Crippen molar-refractivity contribution < 1.29 is 0 Å². The van der Waals surface area contributed by atoms with Crippen molar-refractivity contribution in [3.05, 3.63) is 22.3 Å². The molecule has 3 nitrogen and oxygen atoms in total. The van der Waals surface area contributed by atoms with Crippen LogP contribution in [0.3, 0.4) is 0 Å². The number of nitrogens with zero attached hydrogens (tertiary/aromatic N) is 2.